The van der Waals surface area contributed by atoms with Gasteiger partial charge in [0.05, 0.1) is 17.8 Å². The summed E-state index contributed by atoms with van der Waals surface area (Å²) in [5, 5.41) is 5.66. The third-order valence-corrected chi connectivity index (χ3v) is 5.36. The second-order valence-corrected chi connectivity index (χ2v) is 7.34. The van der Waals surface area contributed by atoms with Crippen LogP contribution in [0.25, 0.3) is 5.69 Å². The fourth-order valence-electron chi connectivity index (χ4n) is 3.04. The number of aromatic nitrogens is 2. The topological polar surface area (TPSA) is 38.1 Å². The van der Waals surface area contributed by atoms with E-state index in [2.05, 4.69) is 5.10 Å². The predicted molar refractivity (Wildman–Crippen MR) is 110 cm³/mol. The van der Waals surface area contributed by atoms with Gasteiger partial charge in [-0.25, -0.2) is 4.68 Å². The van der Waals surface area contributed by atoms with Gasteiger partial charge in [0.25, 0.3) is 0 Å². The van der Waals surface area contributed by atoms with Gasteiger partial charge in [-0.1, -0.05) is 47.5 Å². The number of carbonyl (C=O) groups is 1. The van der Waals surface area contributed by atoms with Crippen LogP contribution in [-0.2, 0) is 17.8 Å². The highest BCUT2D eigenvalue weighted by Gasteiger charge is 2.19. The predicted octanol–water partition coefficient (Wildman–Crippen LogP) is 5.00. The Kier molecular flexibility index (Phi) is 5.88. The van der Waals surface area contributed by atoms with E-state index in [0.29, 0.717) is 22.2 Å². The van der Waals surface area contributed by atoms with Crippen molar-refractivity contribution < 1.29 is 4.79 Å². The van der Waals surface area contributed by atoms with E-state index < -0.39 is 0 Å². The van der Waals surface area contributed by atoms with Crippen LogP contribution in [0.1, 0.15) is 22.5 Å². The number of rotatable bonds is 5. The van der Waals surface area contributed by atoms with Crippen LogP contribution in [0.5, 0.6) is 0 Å². The average molecular weight is 402 g/mol. The zero-order chi connectivity index (χ0) is 19.6. The first kappa shape index (κ1) is 19.5. The van der Waals surface area contributed by atoms with E-state index in [0.717, 1.165) is 22.6 Å². The van der Waals surface area contributed by atoms with Crippen molar-refractivity contribution in [2.45, 2.75) is 26.8 Å². The number of likely N-dealkylation sites (N-methyl/N-ethyl adjacent to an activating group) is 1. The van der Waals surface area contributed by atoms with E-state index in [4.69, 9.17) is 23.2 Å². The lowest BCUT2D eigenvalue weighted by Gasteiger charge is -2.18. The van der Waals surface area contributed by atoms with Gasteiger partial charge in [-0.15, -0.1) is 0 Å². The summed E-state index contributed by atoms with van der Waals surface area (Å²) in [6.07, 6.45) is 0.167. The molecule has 2 aromatic carbocycles. The van der Waals surface area contributed by atoms with E-state index in [1.807, 2.05) is 48.9 Å². The summed E-state index contributed by atoms with van der Waals surface area (Å²) < 4.78 is 1.91. The fourth-order valence-corrected chi connectivity index (χ4v) is 3.57. The van der Waals surface area contributed by atoms with Crippen molar-refractivity contribution >= 4 is 29.1 Å². The first-order valence-corrected chi connectivity index (χ1v) is 9.41. The lowest BCUT2D eigenvalue weighted by Crippen LogP contribution is -2.28. The summed E-state index contributed by atoms with van der Waals surface area (Å²) in [5.41, 5.74) is 4.63. The number of aryl methyl sites for hydroxylation is 1. The summed E-state index contributed by atoms with van der Waals surface area (Å²) in [5.74, 6) is -0.0451. The normalized spacial score (nSPS) is 10.9. The highest BCUT2D eigenvalue weighted by atomic mass is 35.5. The van der Waals surface area contributed by atoms with Crippen molar-refractivity contribution in [1.29, 1.82) is 0 Å². The Morgan fingerprint density at radius 2 is 1.63 bits per heavy atom. The Morgan fingerprint density at radius 3 is 2.26 bits per heavy atom. The number of amides is 1. The van der Waals surface area contributed by atoms with E-state index >= 15 is 0 Å². The summed E-state index contributed by atoms with van der Waals surface area (Å²) in [4.78, 5) is 14.4. The average Bonchev–Trinajstić information content (AvgIpc) is 2.93. The quantitative estimate of drug-likeness (QED) is 0.603. The molecule has 0 fully saturated rings. The molecular weight excluding hydrogens is 381 g/mol. The minimum atomic E-state index is -0.0451. The number of hydrogen-bond acceptors (Lipinski definition) is 2. The van der Waals surface area contributed by atoms with Crippen LogP contribution in [0.4, 0.5) is 0 Å². The van der Waals surface area contributed by atoms with Crippen LogP contribution < -0.4 is 0 Å². The molecule has 0 aliphatic carbocycles. The molecule has 3 aromatic rings. The lowest BCUT2D eigenvalue weighted by molar-refractivity contribution is -0.129. The van der Waals surface area contributed by atoms with Crippen molar-refractivity contribution in [1.82, 2.24) is 14.7 Å². The minimum absolute atomic E-state index is 0.0451. The fraction of sp³-hybridized carbons (Fsp3) is 0.238. The molecule has 0 saturated carbocycles. The summed E-state index contributed by atoms with van der Waals surface area (Å²) >= 11 is 12.4. The number of carbonyl (C=O) groups excluding carboxylic acids is 1. The number of para-hydroxylation sites is 1. The Balaban J connectivity index is 1.79. The number of hydrogen-bond donors (Lipinski definition) is 0. The molecule has 1 heterocycles. The second-order valence-electron chi connectivity index (χ2n) is 6.52. The Hall–Kier alpha value is -2.30. The number of halogens is 2. The molecule has 0 unspecified atom stereocenters. The van der Waals surface area contributed by atoms with E-state index in [1.165, 1.54) is 0 Å². The molecule has 0 bridgehead atoms. The largest absolute Gasteiger partial charge is 0.341 e. The molecule has 6 heteroatoms. The van der Waals surface area contributed by atoms with Gasteiger partial charge < -0.3 is 4.90 Å². The van der Waals surface area contributed by atoms with Crippen molar-refractivity contribution in [3.8, 4) is 5.69 Å². The van der Waals surface area contributed by atoms with Gasteiger partial charge in [-0.2, -0.15) is 5.10 Å². The van der Waals surface area contributed by atoms with Gasteiger partial charge >= 0.3 is 0 Å². The molecule has 1 amide bonds. The molecule has 27 heavy (non-hydrogen) atoms. The van der Waals surface area contributed by atoms with Crippen molar-refractivity contribution in [2.75, 3.05) is 7.05 Å². The molecule has 0 spiro atoms. The summed E-state index contributed by atoms with van der Waals surface area (Å²) in [7, 11) is 1.78. The number of benzene rings is 2. The second kappa shape index (κ2) is 8.15. The van der Waals surface area contributed by atoms with Crippen LogP contribution in [0, 0.1) is 13.8 Å². The van der Waals surface area contributed by atoms with Gasteiger partial charge in [-0.3, -0.25) is 4.79 Å². The summed E-state index contributed by atoms with van der Waals surface area (Å²) in [6, 6.07) is 15.2. The molecular formula is C21H21Cl2N3O. The maximum Gasteiger partial charge on any atom is 0.227 e. The monoisotopic (exact) mass is 401 g/mol. The molecule has 0 N–H and O–H groups in total. The van der Waals surface area contributed by atoms with Crippen LogP contribution in [0.3, 0.4) is 0 Å². The molecule has 0 radical (unpaired) electrons. The first-order chi connectivity index (χ1) is 12.9. The molecule has 4 nitrogen and oxygen atoms in total. The Labute approximate surface area is 169 Å². The molecule has 0 aliphatic heterocycles. The molecule has 0 saturated heterocycles. The number of nitrogens with zero attached hydrogens (tertiary/aromatic N) is 3. The highest BCUT2D eigenvalue weighted by Crippen LogP contribution is 2.26. The Morgan fingerprint density at radius 1 is 1.00 bits per heavy atom. The molecule has 0 atom stereocenters. The van der Waals surface area contributed by atoms with Crippen LogP contribution in [0.2, 0.25) is 10.0 Å². The third-order valence-electron chi connectivity index (χ3n) is 4.65. The summed E-state index contributed by atoms with van der Waals surface area (Å²) in [6.45, 7) is 4.46. The molecule has 0 aliphatic rings. The van der Waals surface area contributed by atoms with E-state index in [9.17, 15) is 4.79 Å². The van der Waals surface area contributed by atoms with Crippen LogP contribution in [-0.4, -0.2) is 27.6 Å². The zero-order valence-corrected chi connectivity index (χ0v) is 17.1. The SMILES string of the molecule is Cc1nn(-c2ccccc2)c(C)c1CN(C)C(=O)Cc1c(Cl)cccc1Cl. The van der Waals surface area contributed by atoms with Crippen LogP contribution in [0.15, 0.2) is 48.5 Å². The molecule has 1 aromatic heterocycles. The molecule has 3 rings (SSSR count). The van der Waals surface area contributed by atoms with Crippen molar-refractivity contribution in [2.24, 2.45) is 0 Å². The van der Waals surface area contributed by atoms with Crippen LogP contribution >= 0.6 is 23.2 Å². The Bertz CT molecular complexity index is 947. The molecule has 140 valence electrons. The van der Waals surface area contributed by atoms with Gasteiger partial charge in [0.2, 0.25) is 5.91 Å². The maximum absolute atomic E-state index is 12.7. The smallest absolute Gasteiger partial charge is 0.227 e. The van der Waals surface area contributed by atoms with Crippen molar-refractivity contribution in [3.63, 3.8) is 0 Å². The first-order valence-electron chi connectivity index (χ1n) is 8.66. The van der Waals surface area contributed by atoms with E-state index in [1.54, 1.807) is 30.1 Å². The maximum atomic E-state index is 12.7. The highest BCUT2D eigenvalue weighted by molar-refractivity contribution is 6.36. The minimum Gasteiger partial charge on any atom is -0.341 e. The standard InChI is InChI=1S/C21H21Cl2N3O/c1-14-18(15(2)26(24-14)16-8-5-4-6-9-16)13-25(3)21(27)12-17-19(22)10-7-11-20(17)23/h4-11H,12-13H2,1-3H3. The van der Waals surface area contributed by atoms with Gasteiger partial charge in [-0.05, 0) is 43.7 Å². The lowest BCUT2D eigenvalue weighted by atomic mass is 10.1. The van der Waals surface area contributed by atoms with Gasteiger partial charge in [0, 0.05) is 34.9 Å². The van der Waals surface area contributed by atoms with Crippen molar-refractivity contribution in [3.05, 3.63) is 81.1 Å². The van der Waals surface area contributed by atoms with Gasteiger partial charge in [0.15, 0.2) is 0 Å². The zero-order valence-electron chi connectivity index (χ0n) is 15.5. The van der Waals surface area contributed by atoms with E-state index in [-0.39, 0.29) is 12.3 Å². The van der Waals surface area contributed by atoms with Gasteiger partial charge in [0.1, 0.15) is 0 Å². The third kappa shape index (κ3) is 4.18.